The number of thioether (sulfide) groups is 1. The highest BCUT2D eigenvalue weighted by atomic mass is 32.2. The number of aliphatic imine (C=N–C) groups is 1. The van der Waals surface area contributed by atoms with Crippen molar-refractivity contribution in [3.05, 3.63) is 118 Å². The minimum absolute atomic E-state index is 0.0461. The van der Waals surface area contributed by atoms with Crippen molar-refractivity contribution >= 4 is 29.4 Å². The fourth-order valence-electron chi connectivity index (χ4n) is 4.80. The smallest absolute Gasteiger partial charge is 0.277 e. The molecule has 2 aliphatic heterocycles. The van der Waals surface area contributed by atoms with E-state index in [0.29, 0.717) is 10.8 Å². The van der Waals surface area contributed by atoms with Gasteiger partial charge in [-0.2, -0.15) is 0 Å². The normalized spacial score (nSPS) is 24.6. The molecule has 7 nitrogen and oxygen atoms in total. The van der Waals surface area contributed by atoms with E-state index in [1.807, 2.05) is 60.7 Å². The molecule has 6 rings (SSSR count). The van der Waals surface area contributed by atoms with Crippen LogP contribution in [0.1, 0.15) is 27.0 Å². The fraction of sp³-hybridized carbons (Fsp3) is 0.148. The van der Waals surface area contributed by atoms with Gasteiger partial charge in [-0.05, 0) is 11.1 Å². The second-order valence-corrected chi connectivity index (χ2v) is 9.63. The SMILES string of the molecule is O=C1C=C(SCc2ccccc2)N2C(=NC3(O)C(=O)c4ccccc4C23O)N1Cc1ccccc1. The van der Waals surface area contributed by atoms with Crippen molar-refractivity contribution in [2.45, 2.75) is 23.7 Å². The lowest BCUT2D eigenvalue weighted by Gasteiger charge is -2.42. The molecule has 2 unspecified atom stereocenters. The Kier molecular flexibility index (Phi) is 4.93. The molecule has 0 radical (unpaired) electrons. The standard InChI is InChI=1S/C27H21N3O4S/c31-22-15-23(35-17-19-11-5-2-6-12-19)30-25(29(22)16-18-9-3-1-4-10-18)28-26(33)24(32)20-13-7-8-14-21(20)27(26,30)34/h1-15,33-34H,16-17H2. The summed E-state index contributed by atoms with van der Waals surface area (Å²) in [6.07, 6.45) is 1.44. The van der Waals surface area contributed by atoms with Gasteiger partial charge < -0.3 is 10.2 Å². The van der Waals surface area contributed by atoms with E-state index in [0.717, 1.165) is 11.1 Å². The monoisotopic (exact) mass is 483 g/mol. The van der Waals surface area contributed by atoms with Gasteiger partial charge in [0.1, 0.15) is 0 Å². The number of hydrogen-bond acceptors (Lipinski definition) is 7. The maximum Gasteiger partial charge on any atom is 0.277 e. The van der Waals surface area contributed by atoms with Gasteiger partial charge in [0, 0.05) is 23.0 Å². The minimum Gasteiger partial charge on any atom is -0.362 e. The van der Waals surface area contributed by atoms with E-state index >= 15 is 0 Å². The molecule has 0 fully saturated rings. The number of amides is 1. The first-order valence-electron chi connectivity index (χ1n) is 11.2. The molecule has 1 aliphatic carbocycles. The van der Waals surface area contributed by atoms with Crippen LogP contribution < -0.4 is 0 Å². The minimum atomic E-state index is -2.47. The van der Waals surface area contributed by atoms with Gasteiger partial charge in [-0.15, -0.1) is 11.8 Å². The number of hydrogen-bond donors (Lipinski definition) is 2. The van der Waals surface area contributed by atoms with Gasteiger partial charge in [-0.1, -0.05) is 84.9 Å². The van der Waals surface area contributed by atoms with Crippen LogP contribution in [-0.2, 0) is 22.8 Å². The summed E-state index contributed by atoms with van der Waals surface area (Å²) in [7, 11) is 0. The van der Waals surface area contributed by atoms with Gasteiger partial charge in [0.15, 0.2) is 0 Å². The number of guanidine groups is 1. The predicted octanol–water partition coefficient (Wildman–Crippen LogP) is 3.21. The van der Waals surface area contributed by atoms with Crippen molar-refractivity contribution in [1.29, 1.82) is 0 Å². The van der Waals surface area contributed by atoms with Crippen LogP contribution in [0.3, 0.4) is 0 Å². The van der Waals surface area contributed by atoms with E-state index in [1.165, 1.54) is 27.6 Å². The van der Waals surface area contributed by atoms with Gasteiger partial charge in [-0.3, -0.25) is 19.4 Å². The summed E-state index contributed by atoms with van der Waals surface area (Å²) in [5.74, 6) is -0.471. The summed E-state index contributed by atoms with van der Waals surface area (Å²) in [6, 6.07) is 25.6. The Bertz CT molecular complexity index is 1410. The Morgan fingerprint density at radius 3 is 2.17 bits per heavy atom. The zero-order chi connectivity index (χ0) is 24.2. The van der Waals surface area contributed by atoms with Crippen molar-refractivity contribution in [2.24, 2.45) is 4.99 Å². The molecule has 2 heterocycles. The average molecular weight is 484 g/mol. The van der Waals surface area contributed by atoms with E-state index in [9.17, 15) is 19.8 Å². The Morgan fingerprint density at radius 2 is 1.46 bits per heavy atom. The fourth-order valence-corrected chi connectivity index (χ4v) is 5.84. The van der Waals surface area contributed by atoms with Gasteiger partial charge in [0.25, 0.3) is 11.6 Å². The van der Waals surface area contributed by atoms with Crippen LogP contribution in [0.5, 0.6) is 0 Å². The number of nitrogens with zero attached hydrogens (tertiary/aromatic N) is 3. The highest BCUT2D eigenvalue weighted by molar-refractivity contribution is 8.02. The lowest BCUT2D eigenvalue weighted by molar-refractivity contribution is -0.162. The average Bonchev–Trinajstić information content (AvgIpc) is 3.22. The Hall–Kier alpha value is -3.72. The quantitative estimate of drug-likeness (QED) is 0.579. The summed E-state index contributed by atoms with van der Waals surface area (Å²) < 4.78 is 0. The summed E-state index contributed by atoms with van der Waals surface area (Å²) in [4.78, 5) is 33.8. The zero-order valence-electron chi connectivity index (χ0n) is 18.5. The molecule has 2 N–H and O–H groups in total. The number of benzene rings is 3. The largest absolute Gasteiger partial charge is 0.362 e. The highest BCUT2D eigenvalue weighted by Gasteiger charge is 2.72. The predicted molar refractivity (Wildman–Crippen MR) is 132 cm³/mol. The third kappa shape index (κ3) is 3.11. The molecule has 0 saturated carbocycles. The van der Waals surface area contributed by atoms with Gasteiger partial charge in [0.2, 0.25) is 17.5 Å². The van der Waals surface area contributed by atoms with Crippen LogP contribution in [0, 0.1) is 0 Å². The molecular weight excluding hydrogens is 462 g/mol. The first kappa shape index (κ1) is 21.8. The second kappa shape index (κ2) is 7.91. The van der Waals surface area contributed by atoms with Crippen molar-refractivity contribution in [2.75, 3.05) is 0 Å². The number of rotatable bonds is 5. The van der Waals surface area contributed by atoms with Gasteiger partial charge >= 0.3 is 0 Å². The van der Waals surface area contributed by atoms with Crippen molar-refractivity contribution in [3.63, 3.8) is 0 Å². The number of carbonyl (C=O) groups excluding carboxylic acids is 2. The van der Waals surface area contributed by atoms with Crippen LogP contribution in [0.15, 0.2) is 101 Å². The molecule has 3 aliphatic rings. The Labute approximate surface area is 206 Å². The maximum absolute atomic E-state index is 13.3. The Morgan fingerprint density at radius 1 is 0.829 bits per heavy atom. The number of aliphatic hydroxyl groups is 2. The first-order valence-corrected chi connectivity index (χ1v) is 12.1. The van der Waals surface area contributed by atoms with E-state index in [1.54, 1.807) is 24.3 Å². The van der Waals surface area contributed by atoms with Crippen LogP contribution >= 0.6 is 11.8 Å². The molecule has 8 heteroatoms. The highest BCUT2D eigenvalue weighted by Crippen LogP contribution is 2.55. The molecule has 174 valence electrons. The second-order valence-electron chi connectivity index (χ2n) is 8.63. The number of ketones is 1. The third-order valence-corrected chi connectivity index (χ3v) is 7.60. The molecule has 1 amide bonds. The molecule has 0 saturated heterocycles. The topological polar surface area (TPSA) is 93.4 Å². The van der Waals surface area contributed by atoms with Gasteiger partial charge in [-0.25, -0.2) is 4.99 Å². The summed E-state index contributed by atoms with van der Waals surface area (Å²) in [5.41, 5.74) is -2.31. The molecule has 0 spiro atoms. The van der Waals surface area contributed by atoms with Crippen LogP contribution in [0.4, 0.5) is 0 Å². The zero-order valence-corrected chi connectivity index (χ0v) is 19.4. The first-order chi connectivity index (χ1) is 16.9. The molecule has 0 bridgehead atoms. The number of carbonyl (C=O) groups is 2. The molecule has 2 atom stereocenters. The van der Waals surface area contributed by atoms with Crippen LogP contribution in [-0.4, -0.2) is 43.4 Å². The molecule has 35 heavy (non-hydrogen) atoms. The summed E-state index contributed by atoms with van der Waals surface area (Å²) in [5, 5.41) is 24.1. The van der Waals surface area contributed by atoms with E-state index in [4.69, 9.17) is 0 Å². The van der Waals surface area contributed by atoms with E-state index in [-0.39, 0.29) is 29.5 Å². The van der Waals surface area contributed by atoms with Crippen LogP contribution in [0.2, 0.25) is 0 Å². The molecule has 0 aromatic heterocycles. The lowest BCUT2D eigenvalue weighted by atomic mass is 9.99. The summed E-state index contributed by atoms with van der Waals surface area (Å²) in [6.45, 7) is 0.171. The Balaban J connectivity index is 1.47. The van der Waals surface area contributed by atoms with Crippen molar-refractivity contribution in [3.8, 4) is 0 Å². The molecule has 3 aromatic rings. The van der Waals surface area contributed by atoms with Crippen molar-refractivity contribution < 1.29 is 19.8 Å². The van der Waals surface area contributed by atoms with E-state index < -0.39 is 17.2 Å². The summed E-state index contributed by atoms with van der Waals surface area (Å²) >= 11 is 1.34. The van der Waals surface area contributed by atoms with E-state index in [2.05, 4.69) is 4.99 Å². The van der Waals surface area contributed by atoms with Crippen LogP contribution in [0.25, 0.3) is 0 Å². The number of Topliss-reactive ketones (excluding diaryl/α,β-unsaturated/α-hetero) is 1. The van der Waals surface area contributed by atoms with Gasteiger partial charge in [0.05, 0.1) is 11.6 Å². The maximum atomic E-state index is 13.3. The lowest BCUT2D eigenvalue weighted by Crippen LogP contribution is -2.59. The number of fused-ring (bicyclic) bond motifs is 5. The third-order valence-electron chi connectivity index (χ3n) is 6.52. The molecule has 3 aromatic carbocycles. The van der Waals surface area contributed by atoms with Crippen molar-refractivity contribution in [1.82, 2.24) is 9.80 Å². The molecular formula is C27H21N3O4S.